The molecule has 1 rings (SSSR count). The lowest BCUT2D eigenvalue weighted by atomic mass is 9.96. The first-order valence-corrected chi connectivity index (χ1v) is 6.83. The molecule has 1 aromatic rings. The Morgan fingerprint density at radius 1 is 1.31 bits per heavy atom. The number of nitrogens with one attached hydrogen (secondary N) is 1. The van der Waals surface area contributed by atoms with Gasteiger partial charge in [0.25, 0.3) is 0 Å². The average molecular weight is 284 g/mol. The van der Waals surface area contributed by atoms with Crippen molar-refractivity contribution in [3.8, 4) is 0 Å². The van der Waals surface area contributed by atoms with Crippen LogP contribution in [-0.4, -0.2) is 6.54 Å². The Bertz CT molecular complexity index is 334. The molecule has 0 heterocycles. The molecule has 0 bridgehead atoms. The maximum Gasteiger partial charge on any atom is 0.0333 e. The molecule has 0 amide bonds. The van der Waals surface area contributed by atoms with Crippen molar-refractivity contribution in [3.63, 3.8) is 0 Å². The maximum atomic E-state index is 3.67. The van der Waals surface area contributed by atoms with Crippen LogP contribution in [0.15, 0.2) is 22.7 Å². The fourth-order valence-electron chi connectivity index (χ4n) is 1.95. The highest BCUT2D eigenvalue weighted by Gasteiger charge is 2.14. The lowest BCUT2D eigenvalue weighted by Gasteiger charge is -2.21. The normalized spacial score (nSPS) is 13.1. The van der Waals surface area contributed by atoms with Crippen molar-refractivity contribution >= 4 is 15.9 Å². The predicted molar refractivity (Wildman–Crippen MR) is 74.8 cm³/mol. The summed E-state index contributed by atoms with van der Waals surface area (Å²) in [5, 5.41) is 3.56. The van der Waals surface area contributed by atoms with Crippen molar-refractivity contribution < 1.29 is 0 Å². The van der Waals surface area contributed by atoms with Gasteiger partial charge in [-0.15, -0.1) is 0 Å². The summed E-state index contributed by atoms with van der Waals surface area (Å²) in [6.07, 6.45) is 1.18. The van der Waals surface area contributed by atoms with E-state index in [9.17, 15) is 0 Å². The van der Waals surface area contributed by atoms with Crippen LogP contribution in [0.4, 0.5) is 0 Å². The molecule has 1 N–H and O–H groups in total. The summed E-state index contributed by atoms with van der Waals surface area (Å²) in [7, 11) is 0. The third-order valence-electron chi connectivity index (χ3n) is 2.69. The molecular formula is C14H22BrN. The molecule has 90 valence electrons. The number of aryl methyl sites for hydroxylation is 1. The molecule has 0 spiro atoms. The van der Waals surface area contributed by atoms with E-state index in [1.54, 1.807) is 0 Å². The van der Waals surface area contributed by atoms with E-state index in [2.05, 4.69) is 67.1 Å². The van der Waals surface area contributed by atoms with E-state index in [-0.39, 0.29) is 0 Å². The Hall–Kier alpha value is -0.340. The zero-order valence-electron chi connectivity index (χ0n) is 10.7. The number of rotatable bonds is 5. The van der Waals surface area contributed by atoms with Crippen LogP contribution in [0.3, 0.4) is 0 Å². The van der Waals surface area contributed by atoms with E-state index < -0.39 is 0 Å². The van der Waals surface area contributed by atoms with Crippen molar-refractivity contribution in [1.29, 1.82) is 0 Å². The number of hydrogen-bond acceptors (Lipinski definition) is 1. The smallest absolute Gasteiger partial charge is 0.0333 e. The van der Waals surface area contributed by atoms with Gasteiger partial charge in [0.15, 0.2) is 0 Å². The molecule has 1 nitrogen and oxygen atoms in total. The van der Waals surface area contributed by atoms with E-state index in [1.807, 2.05) is 0 Å². The van der Waals surface area contributed by atoms with Crippen molar-refractivity contribution in [2.75, 3.05) is 6.54 Å². The third kappa shape index (κ3) is 3.91. The monoisotopic (exact) mass is 283 g/mol. The lowest BCUT2D eigenvalue weighted by Crippen LogP contribution is -2.22. The minimum absolute atomic E-state index is 0.458. The predicted octanol–water partition coefficient (Wildman–Crippen LogP) is 4.45. The Balaban J connectivity index is 2.91. The molecule has 1 atom stereocenters. The zero-order valence-corrected chi connectivity index (χ0v) is 12.3. The molecule has 0 saturated carbocycles. The van der Waals surface area contributed by atoms with Gasteiger partial charge in [-0.3, -0.25) is 0 Å². The molecular weight excluding hydrogens is 262 g/mol. The number of hydrogen-bond donors (Lipinski definition) is 1. The first-order valence-electron chi connectivity index (χ1n) is 6.04. The molecule has 2 heteroatoms. The van der Waals surface area contributed by atoms with Crippen molar-refractivity contribution in [2.24, 2.45) is 5.92 Å². The van der Waals surface area contributed by atoms with Gasteiger partial charge >= 0.3 is 0 Å². The molecule has 0 radical (unpaired) electrons. The summed E-state index contributed by atoms with van der Waals surface area (Å²) in [5.74, 6) is 0.706. The topological polar surface area (TPSA) is 12.0 Å². The molecule has 0 aliphatic rings. The highest BCUT2D eigenvalue weighted by atomic mass is 79.9. The fraction of sp³-hybridized carbons (Fsp3) is 0.571. The molecule has 0 saturated heterocycles. The highest BCUT2D eigenvalue weighted by molar-refractivity contribution is 9.10. The average Bonchev–Trinajstić information content (AvgIpc) is 2.16. The second kappa shape index (κ2) is 6.41. The summed E-state index contributed by atoms with van der Waals surface area (Å²) < 4.78 is 1.22. The second-order valence-electron chi connectivity index (χ2n) is 4.76. The molecule has 0 aliphatic heterocycles. The van der Waals surface area contributed by atoms with Gasteiger partial charge in [-0.05, 0) is 43.0 Å². The second-order valence-corrected chi connectivity index (χ2v) is 5.62. The van der Waals surface area contributed by atoms with E-state index in [1.165, 1.54) is 22.0 Å². The SMILES string of the molecule is CCNC(CC(C)C)c1ccc(C)cc1Br. The van der Waals surface area contributed by atoms with Crippen LogP contribution in [0.2, 0.25) is 0 Å². The Labute approximate surface area is 108 Å². The standard InChI is InChI=1S/C14H22BrN/c1-5-16-14(8-10(2)3)12-7-6-11(4)9-13(12)15/h6-7,9-10,14,16H,5,8H2,1-4H3. The van der Waals surface area contributed by atoms with Crippen LogP contribution in [0, 0.1) is 12.8 Å². The Kier molecular flexibility index (Phi) is 5.50. The number of benzene rings is 1. The van der Waals surface area contributed by atoms with Gasteiger partial charge in [0.05, 0.1) is 0 Å². The highest BCUT2D eigenvalue weighted by Crippen LogP contribution is 2.28. The van der Waals surface area contributed by atoms with E-state index in [4.69, 9.17) is 0 Å². The van der Waals surface area contributed by atoms with Crippen LogP contribution in [0.25, 0.3) is 0 Å². The van der Waals surface area contributed by atoms with Crippen molar-refractivity contribution in [3.05, 3.63) is 33.8 Å². The quantitative estimate of drug-likeness (QED) is 0.842. The summed E-state index contributed by atoms with van der Waals surface area (Å²) in [6.45, 7) is 9.84. The third-order valence-corrected chi connectivity index (χ3v) is 3.38. The first kappa shape index (κ1) is 13.7. The van der Waals surface area contributed by atoms with E-state index >= 15 is 0 Å². The first-order chi connectivity index (χ1) is 7.54. The maximum absolute atomic E-state index is 3.67. The largest absolute Gasteiger partial charge is 0.310 e. The van der Waals surface area contributed by atoms with Gasteiger partial charge in [-0.2, -0.15) is 0 Å². The van der Waals surface area contributed by atoms with Crippen molar-refractivity contribution in [1.82, 2.24) is 5.32 Å². The summed E-state index contributed by atoms with van der Waals surface area (Å²) >= 11 is 3.67. The molecule has 0 fully saturated rings. The molecule has 1 unspecified atom stereocenters. The van der Waals surface area contributed by atoms with Gasteiger partial charge in [-0.1, -0.05) is 48.8 Å². The van der Waals surface area contributed by atoms with Crippen LogP contribution in [-0.2, 0) is 0 Å². The van der Waals surface area contributed by atoms with Crippen LogP contribution < -0.4 is 5.32 Å². The van der Waals surface area contributed by atoms with Crippen molar-refractivity contribution in [2.45, 2.75) is 40.2 Å². The van der Waals surface area contributed by atoms with Gasteiger partial charge < -0.3 is 5.32 Å². The van der Waals surface area contributed by atoms with Crippen LogP contribution in [0.5, 0.6) is 0 Å². The van der Waals surface area contributed by atoms with Crippen LogP contribution >= 0.6 is 15.9 Å². The molecule has 0 aromatic heterocycles. The van der Waals surface area contributed by atoms with Gasteiger partial charge in [-0.25, -0.2) is 0 Å². The zero-order chi connectivity index (χ0) is 12.1. The lowest BCUT2D eigenvalue weighted by molar-refractivity contribution is 0.437. The Morgan fingerprint density at radius 2 is 2.00 bits per heavy atom. The fourth-order valence-corrected chi connectivity index (χ4v) is 2.72. The molecule has 1 aromatic carbocycles. The van der Waals surface area contributed by atoms with Gasteiger partial charge in [0.2, 0.25) is 0 Å². The minimum Gasteiger partial charge on any atom is -0.310 e. The summed E-state index contributed by atoms with van der Waals surface area (Å²) in [5.41, 5.74) is 2.68. The van der Waals surface area contributed by atoms with E-state index in [0.29, 0.717) is 12.0 Å². The Morgan fingerprint density at radius 3 is 2.50 bits per heavy atom. The summed E-state index contributed by atoms with van der Waals surface area (Å²) in [6, 6.07) is 7.07. The molecule has 0 aliphatic carbocycles. The minimum atomic E-state index is 0.458. The van der Waals surface area contributed by atoms with Crippen LogP contribution in [0.1, 0.15) is 44.4 Å². The number of halogens is 1. The summed E-state index contributed by atoms with van der Waals surface area (Å²) in [4.78, 5) is 0. The molecule has 16 heavy (non-hydrogen) atoms. The van der Waals surface area contributed by atoms with Gasteiger partial charge in [0.1, 0.15) is 0 Å². The van der Waals surface area contributed by atoms with E-state index in [0.717, 1.165) is 6.54 Å². The van der Waals surface area contributed by atoms with Gasteiger partial charge in [0, 0.05) is 10.5 Å².